The molecule has 0 amide bonds. The SMILES string of the molecule is N#Cc1ccc(-c2ccccc2)c(-c2ccc(-c3ccc(-c4nc(-c5ccccc5)nc(-c5ccccc5)n4)cc3)c3ccccc23)c1. The highest BCUT2D eigenvalue weighted by atomic mass is 15.0. The van der Waals surface area contributed by atoms with Crippen molar-refractivity contribution in [2.45, 2.75) is 0 Å². The normalized spacial score (nSPS) is 10.9. The van der Waals surface area contributed by atoms with E-state index in [0.29, 0.717) is 23.0 Å². The fourth-order valence-corrected chi connectivity index (χ4v) is 6.23. The Hall–Kier alpha value is -6.70. The van der Waals surface area contributed by atoms with Crippen LogP contribution in [0, 0.1) is 11.3 Å². The van der Waals surface area contributed by atoms with Crippen LogP contribution in [0.25, 0.3) is 78.3 Å². The van der Waals surface area contributed by atoms with Gasteiger partial charge >= 0.3 is 0 Å². The molecule has 0 fully saturated rings. The van der Waals surface area contributed by atoms with Crippen LogP contribution in [0.4, 0.5) is 0 Å². The van der Waals surface area contributed by atoms with Gasteiger partial charge in [-0.25, -0.2) is 15.0 Å². The first-order chi connectivity index (χ1) is 23.7. The zero-order valence-corrected chi connectivity index (χ0v) is 26.0. The number of rotatable bonds is 6. The third kappa shape index (κ3) is 5.51. The van der Waals surface area contributed by atoms with E-state index in [1.807, 2.05) is 91.0 Å². The molecule has 0 saturated heterocycles. The second kappa shape index (κ2) is 12.6. The molecule has 0 N–H and O–H groups in total. The van der Waals surface area contributed by atoms with Gasteiger partial charge in [-0.1, -0.05) is 158 Å². The van der Waals surface area contributed by atoms with Crippen molar-refractivity contribution < 1.29 is 0 Å². The second-order valence-electron chi connectivity index (χ2n) is 11.6. The average Bonchev–Trinajstić information content (AvgIpc) is 3.18. The molecule has 0 radical (unpaired) electrons. The van der Waals surface area contributed by atoms with E-state index in [0.717, 1.165) is 60.8 Å². The molecule has 0 unspecified atom stereocenters. The van der Waals surface area contributed by atoms with Gasteiger partial charge in [0.05, 0.1) is 11.6 Å². The van der Waals surface area contributed by atoms with Crippen molar-refractivity contribution in [1.82, 2.24) is 15.0 Å². The minimum atomic E-state index is 0.625. The molecule has 0 atom stereocenters. The molecule has 1 heterocycles. The number of nitriles is 1. The predicted octanol–water partition coefficient (Wildman–Crippen LogP) is 10.9. The summed E-state index contributed by atoms with van der Waals surface area (Å²) in [5.41, 5.74) is 10.00. The second-order valence-corrected chi connectivity index (χ2v) is 11.6. The van der Waals surface area contributed by atoms with Gasteiger partial charge in [-0.2, -0.15) is 5.26 Å². The summed E-state index contributed by atoms with van der Waals surface area (Å²) in [6.07, 6.45) is 0. The molecule has 0 aliphatic carbocycles. The lowest BCUT2D eigenvalue weighted by Gasteiger charge is -2.16. The monoisotopic (exact) mass is 612 g/mol. The van der Waals surface area contributed by atoms with Crippen LogP contribution in [0.15, 0.2) is 170 Å². The van der Waals surface area contributed by atoms with E-state index in [1.165, 1.54) is 0 Å². The minimum absolute atomic E-state index is 0.625. The Bertz CT molecular complexity index is 2370. The summed E-state index contributed by atoms with van der Waals surface area (Å²) in [5.74, 6) is 1.90. The van der Waals surface area contributed by atoms with Crippen LogP contribution in [0.5, 0.6) is 0 Å². The Kier molecular flexibility index (Phi) is 7.54. The number of benzene rings is 7. The van der Waals surface area contributed by atoms with E-state index in [-0.39, 0.29) is 0 Å². The fourth-order valence-electron chi connectivity index (χ4n) is 6.23. The molecule has 0 spiro atoms. The van der Waals surface area contributed by atoms with Crippen LogP contribution < -0.4 is 0 Å². The average molecular weight is 613 g/mol. The topological polar surface area (TPSA) is 62.5 Å². The maximum absolute atomic E-state index is 9.77. The molecule has 4 heteroatoms. The predicted molar refractivity (Wildman–Crippen MR) is 195 cm³/mol. The Balaban J connectivity index is 1.22. The molecule has 8 rings (SSSR count). The molecule has 1 aromatic heterocycles. The quantitative estimate of drug-likeness (QED) is 0.187. The van der Waals surface area contributed by atoms with Crippen molar-refractivity contribution in [2.75, 3.05) is 0 Å². The van der Waals surface area contributed by atoms with Crippen molar-refractivity contribution in [1.29, 1.82) is 5.26 Å². The molecule has 0 saturated carbocycles. The molecule has 48 heavy (non-hydrogen) atoms. The zero-order chi connectivity index (χ0) is 32.3. The van der Waals surface area contributed by atoms with E-state index in [1.54, 1.807) is 0 Å². The highest BCUT2D eigenvalue weighted by molar-refractivity contribution is 6.07. The van der Waals surface area contributed by atoms with Crippen LogP contribution in [-0.4, -0.2) is 15.0 Å². The lowest BCUT2D eigenvalue weighted by Crippen LogP contribution is -2.00. The Morgan fingerprint density at radius 3 is 1.27 bits per heavy atom. The Morgan fingerprint density at radius 1 is 0.333 bits per heavy atom. The first-order valence-corrected chi connectivity index (χ1v) is 15.8. The highest BCUT2D eigenvalue weighted by Crippen LogP contribution is 2.40. The third-order valence-electron chi connectivity index (χ3n) is 8.60. The summed E-state index contributed by atoms with van der Waals surface area (Å²) in [6.45, 7) is 0. The zero-order valence-electron chi connectivity index (χ0n) is 26.0. The van der Waals surface area contributed by atoms with Gasteiger partial charge in [0.1, 0.15) is 0 Å². The number of hydrogen-bond donors (Lipinski definition) is 0. The van der Waals surface area contributed by atoms with Gasteiger partial charge in [-0.15, -0.1) is 0 Å². The maximum atomic E-state index is 9.77. The van der Waals surface area contributed by atoms with E-state index in [9.17, 15) is 5.26 Å². The van der Waals surface area contributed by atoms with Crippen molar-refractivity contribution >= 4 is 10.8 Å². The number of hydrogen-bond acceptors (Lipinski definition) is 4. The smallest absolute Gasteiger partial charge is 0.164 e. The van der Waals surface area contributed by atoms with E-state index in [4.69, 9.17) is 15.0 Å². The summed E-state index contributed by atoms with van der Waals surface area (Å²) < 4.78 is 0. The molecular weight excluding hydrogens is 585 g/mol. The summed E-state index contributed by atoms with van der Waals surface area (Å²) in [7, 11) is 0. The first-order valence-electron chi connectivity index (χ1n) is 15.8. The van der Waals surface area contributed by atoms with Crippen LogP contribution in [0.2, 0.25) is 0 Å². The van der Waals surface area contributed by atoms with Crippen LogP contribution in [0.3, 0.4) is 0 Å². The number of fused-ring (bicyclic) bond motifs is 1. The maximum Gasteiger partial charge on any atom is 0.164 e. The molecule has 0 bridgehead atoms. The molecule has 8 aromatic rings. The summed E-state index contributed by atoms with van der Waals surface area (Å²) in [5, 5.41) is 12.0. The highest BCUT2D eigenvalue weighted by Gasteiger charge is 2.16. The van der Waals surface area contributed by atoms with Crippen molar-refractivity contribution in [3.8, 4) is 73.6 Å². The molecule has 4 nitrogen and oxygen atoms in total. The van der Waals surface area contributed by atoms with Crippen LogP contribution in [-0.2, 0) is 0 Å². The number of nitrogens with zero attached hydrogens (tertiary/aromatic N) is 4. The van der Waals surface area contributed by atoms with Gasteiger partial charge in [-0.05, 0) is 56.3 Å². The molecular formula is C44H28N4. The van der Waals surface area contributed by atoms with Crippen LogP contribution in [0.1, 0.15) is 5.56 Å². The number of aromatic nitrogens is 3. The minimum Gasteiger partial charge on any atom is -0.208 e. The van der Waals surface area contributed by atoms with Gasteiger partial charge in [0, 0.05) is 16.7 Å². The van der Waals surface area contributed by atoms with Gasteiger partial charge in [0.15, 0.2) is 17.5 Å². The Morgan fingerprint density at radius 2 is 0.729 bits per heavy atom. The molecule has 7 aromatic carbocycles. The summed E-state index contributed by atoms with van der Waals surface area (Å²) >= 11 is 0. The first kappa shape index (κ1) is 28.8. The molecule has 0 aliphatic rings. The van der Waals surface area contributed by atoms with Crippen LogP contribution >= 0.6 is 0 Å². The molecule has 0 aliphatic heterocycles. The standard InChI is InChI=1S/C44H28N4/c45-29-30-20-25-37(31-12-4-1-5-13-31)41(28-30)40-27-26-36(38-18-10-11-19-39(38)40)32-21-23-35(24-22-32)44-47-42(33-14-6-2-7-15-33)46-43(48-44)34-16-8-3-9-17-34/h1-28H. The van der Waals surface area contributed by atoms with Crippen molar-refractivity contribution in [2.24, 2.45) is 0 Å². The summed E-state index contributed by atoms with van der Waals surface area (Å²) in [6, 6.07) is 59.9. The Labute approximate surface area is 279 Å². The van der Waals surface area contributed by atoms with Gasteiger partial charge < -0.3 is 0 Å². The van der Waals surface area contributed by atoms with E-state index < -0.39 is 0 Å². The van der Waals surface area contributed by atoms with Gasteiger partial charge in [0.25, 0.3) is 0 Å². The van der Waals surface area contributed by atoms with E-state index >= 15 is 0 Å². The van der Waals surface area contributed by atoms with Crippen molar-refractivity contribution in [3.05, 3.63) is 175 Å². The molecule has 224 valence electrons. The third-order valence-corrected chi connectivity index (χ3v) is 8.60. The fraction of sp³-hybridized carbons (Fsp3) is 0. The lowest BCUT2D eigenvalue weighted by molar-refractivity contribution is 1.07. The van der Waals surface area contributed by atoms with Crippen molar-refractivity contribution in [3.63, 3.8) is 0 Å². The van der Waals surface area contributed by atoms with E-state index in [2.05, 4.69) is 84.9 Å². The largest absolute Gasteiger partial charge is 0.208 e. The van der Waals surface area contributed by atoms with Gasteiger partial charge in [0.2, 0.25) is 0 Å². The summed E-state index contributed by atoms with van der Waals surface area (Å²) in [4.78, 5) is 14.6. The lowest BCUT2D eigenvalue weighted by atomic mass is 9.87. The van der Waals surface area contributed by atoms with Gasteiger partial charge in [-0.3, -0.25) is 0 Å².